The summed E-state index contributed by atoms with van der Waals surface area (Å²) in [6, 6.07) is 3.56. The van der Waals surface area contributed by atoms with Crippen molar-refractivity contribution in [2.45, 2.75) is 64.0 Å². The summed E-state index contributed by atoms with van der Waals surface area (Å²) < 4.78 is 1.65. The molecule has 1 atom stereocenters. The lowest BCUT2D eigenvalue weighted by Gasteiger charge is -2.17. The van der Waals surface area contributed by atoms with Crippen molar-refractivity contribution in [3.05, 3.63) is 46.4 Å². The molecule has 1 aliphatic rings. The molecule has 1 saturated carbocycles. The Balaban J connectivity index is 1.70. The zero-order valence-electron chi connectivity index (χ0n) is 16.8. The van der Waals surface area contributed by atoms with E-state index in [1.54, 1.807) is 17.0 Å². The van der Waals surface area contributed by atoms with Gasteiger partial charge in [0.05, 0.1) is 12.6 Å². The van der Waals surface area contributed by atoms with E-state index in [4.69, 9.17) is 4.98 Å². The fourth-order valence-corrected chi connectivity index (χ4v) is 4.12. The van der Waals surface area contributed by atoms with Crippen LogP contribution in [0.4, 0.5) is 5.82 Å². The van der Waals surface area contributed by atoms with Crippen LogP contribution in [0.2, 0.25) is 0 Å². The molecule has 8 heteroatoms. The highest BCUT2D eigenvalue weighted by Crippen LogP contribution is 2.34. The molecular formula is C21H28N6O2. The molecule has 1 unspecified atom stereocenters. The third kappa shape index (κ3) is 4.17. The number of H-pyrrole nitrogens is 1. The molecule has 0 aromatic carbocycles. The number of anilines is 1. The summed E-state index contributed by atoms with van der Waals surface area (Å²) in [6.45, 7) is 2.54. The van der Waals surface area contributed by atoms with Crippen molar-refractivity contribution in [2.75, 3.05) is 11.9 Å². The normalized spacial score (nSPS) is 15.8. The van der Waals surface area contributed by atoms with E-state index in [-0.39, 0.29) is 18.3 Å². The Bertz CT molecular complexity index is 1010. The third-order valence-electron chi connectivity index (χ3n) is 5.62. The lowest BCUT2D eigenvalue weighted by Crippen LogP contribution is -2.30. The largest absolute Gasteiger partial charge is 0.394 e. The predicted molar refractivity (Wildman–Crippen MR) is 112 cm³/mol. The van der Waals surface area contributed by atoms with Gasteiger partial charge in [0.2, 0.25) is 0 Å². The molecule has 0 amide bonds. The van der Waals surface area contributed by atoms with Gasteiger partial charge in [-0.1, -0.05) is 19.8 Å². The van der Waals surface area contributed by atoms with Crippen molar-refractivity contribution < 1.29 is 5.11 Å². The van der Waals surface area contributed by atoms with Gasteiger partial charge in [-0.05, 0) is 43.4 Å². The van der Waals surface area contributed by atoms with Gasteiger partial charge in [0.1, 0.15) is 11.3 Å². The van der Waals surface area contributed by atoms with Gasteiger partial charge in [-0.25, -0.2) is 9.78 Å². The molecule has 3 heterocycles. The van der Waals surface area contributed by atoms with Crippen LogP contribution >= 0.6 is 0 Å². The SMILES string of the molecule is CCCn1c(=O)nc(NC(CO)Cc2ccncc2)c2[nH]c(C3CCCC3)nc21. The number of hydrogen-bond acceptors (Lipinski definition) is 6. The van der Waals surface area contributed by atoms with Crippen molar-refractivity contribution in [3.8, 4) is 0 Å². The summed E-state index contributed by atoms with van der Waals surface area (Å²) in [6.07, 6.45) is 9.56. The van der Waals surface area contributed by atoms with Gasteiger partial charge < -0.3 is 15.4 Å². The molecule has 1 aliphatic carbocycles. The zero-order chi connectivity index (χ0) is 20.2. The number of nitrogens with zero attached hydrogens (tertiary/aromatic N) is 4. The number of hydrogen-bond donors (Lipinski definition) is 3. The zero-order valence-corrected chi connectivity index (χ0v) is 16.8. The molecule has 154 valence electrons. The maximum atomic E-state index is 12.7. The van der Waals surface area contributed by atoms with Crippen molar-refractivity contribution in [2.24, 2.45) is 0 Å². The molecule has 0 radical (unpaired) electrons. The number of aromatic amines is 1. The summed E-state index contributed by atoms with van der Waals surface area (Å²) in [5, 5.41) is 13.2. The maximum absolute atomic E-state index is 12.7. The first kappa shape index (κ1) is 19.6. The van der Waals surface area contributed by atoms with Gasteiger partial charge >= 0.3 is 5.69 Å². The number of aryl methyl sites for hydroxylation is 1. The second kappa shape index (κ2) is 8.73. The average molecular weight is 396 g/mol. The van der Waals surface area contributed by atoms with Crippen LogP contribution in [0.3, 0.4) is 0 Å². The molecule has 0 aliphatic heterocycles. The molecule has 0 saturated heterocycles. The van der Waals surface area contributed by atoms with Crippen LogP contribution in [0.1, 0.15) is 56.3 Å². The summed E-state index contributed by atoms with van der Waals surface area (Å²) >= 11 is 0. The highest BCUT2D eigenvalue weighted by Gasteiger charge is 2.24. The molecular weight excluding hydrogens is 368 g/mol. The van der Waals surface area contributed by atoms with E-state index in [1.807, 2.05) is 19.1 Å². The van der Waals surface area contributed by atoms with Gasteiger partial charge in [-0.2, -0.15) is 4.98 Å². The monoisotopic (exact) mass is 396 g/mol. The Kier molecular flexibility index (Phi) is 5.89. The van der Waals surface area contributed by atoms with E-state index in [2.05, 4.69) is 20.3 Å². The quantitative estimate of drug-likeness (QED) is 0.540. The number of rotatable bonds is 8. The van der Waals surface area contributed by atoms with Crippen molar-refractivity contribution in [1.82, 2.24) is 24.5 Å². The van der Waals surface area contributed by atoms with Gasteiger partial charge in [0.25, 0.3) is 0 Å². The lowest BCUT2D eigenvalue weighted by molar-refractivity contribution is 0.273. The number of fused-ring (bicyclic) bond motifs is 1. The standard InChI is InChI=1S/C21H28N6O2/c1-2-11-27-20-17(24-18(25-20)15-5-3-4-6-15)19(26-21(27)29)23-16(13-28)12-14-7-9-22-10-8-14/h7-10,15-16,28H,2-6,11-13H2,1H3,(H,24,25)(H,23,26,29). The van der Waals surface area contributed by atoms with Gasteiger partial charge in [-0.15, -0.1) is 0 Å². The third-order valence-corrected chi connectivity index (χ3v) is 5.62. The molecule has 3 aromatic rings. The van der Waals surface area contributed by atoms with E-state index in [1.165, 1.54) is 12.8 Å². The Morgan fingerprint density at radius 2 is 2.03 bits per heavy atom. The first-order valence-corrected chi connectivity index (χ1v) is 10.5. The Hall–Kier alpha value is -2.74. The van der Waals surface area contributed by atoms with Crippen LogP contribution in [0.15, 0.2) is 29.3 Å². The van der Waals surface area contributed by atoms with Crippen LogP contribution in [0.25, 0.3) is 11.2 Å². The summed E-state index contributed by atoms with van der Waals surface area (Å²) in [5.74, 6) is 1.81. The lowest BCUT2D eigenvalue weighted by atomic mass is 10.1. The molecule has 1 fully saturated rings. The average Bonchev–Trinajstić information content (AvgIpc) is 3.41. The second-order valence-corrected chi connectivity index (χ2v) is 7.78. The molecule has 8 nitrogen and oxygen atoms in total. The first-order chi connectivity index (χ1) is 14.2. The van der Waals surface area contributed by atoms with Gasteiger partial charge in [0.15, 0.2) is 11.5 Å². The predicted octanol–water partition coefficient (Wildman–Crippen LogP) is 2.60. The van der Waals surface area contributed by atoms with Crippen LogP contribution < -0.4 is 11.0 Å². The fourth-order valence-electron chi connectivity index (χ4n) is 4.12. The van der Waals surface area contributed by atoms with E-state index >= 15 is 0 Å². The van der Waals surface area contributed by atoms with E-state index in [9.17, 15) is 9.90 Å². The topological polar surface area (TPSA) is 109 Å². The van der Waals surface area contributed by atoms with Crippen LogP contribution in [-0.4, -0.2) is 42.3 Å². The number of aliphatic hydroxyl groups excluding tert-OH is 1. The molecule has 3 N–H and O–H groups in total. The molecule has 4 rings (SSSR count). The van der Waals surface area contributed by atoms with Crippen molar-refractivity contribution in [1.29, 1.82) is 0 Å². The van der Waals surface area contributed by atoms with Crippen molar-refractivity contribution in [3.63, 3.8) is 0 Å². The minimum Gasteiger partial charge on any atom is -0.394 e. The minimum atomic E-state index is -0.313. The highest BCUT2D eigenvalue weighted by molar-refractivity contribution is 5.83. The first-order valence-electron chi connectivity index (χ1n) is 10.5. The fraction of sp³-hybridized carbons (Fsp3) is 0.524. The Labute approximate surface area is 169 Å². The minimum absolute atomic E-state index is 0.0762. The number of aromatic nitrogens is 5. The Morgan fingerprint density at radius 1 is 1.28 bits per heavy atom. The molecule has 3 aromatic heterocycles. The van der Waals surface area contributed by atoms with E-state index < -0.39 is 0 Å². The number of imidazole rings is 1. The maximum Gasteiger partial charge on any atom is 0.351 e. The second-order valence-electron chi connectivity index (χ2n) is 7.78. The molecule has 0 spiro atoms. The van der Waals surface area contributed by atoms with E-state index in [0.717, 1.165) is 36.2 Å². The number of nitrogens with one attached hydrogen (secondary N) is 2. The van der Waals surface area contributed by atoms with E-state index in [0.29, 0.717) is 30.3 Å². The number of aliphatic hydroxyl groups is 1. The van der Waals surface area contributed by atoms with Crippen LogP contribution in [0.5, 0.6) is 0 Å². The van der Waals surface area contributed by atoms with Crippen LogP contribution in [-0.2, 0) is 13.0 Å². The Morgan fingerprint density at radius 3 is 2.72 bits per heavy atom. The number of pyridine rings is 1. The summed E-state index contributed by atoms with van der Waals surface area (Å²) in [4.78, 5) is 29.3. The summed E-state index contributed by atoms with van der Waals surface area (Å²) in [5.41, 5.74) is 2.13. The molecule has 29 heavy (non-hydrogen) atoms. The molecule has 0 bridgehead atoms. The van der Waals surface area contributed by atoms with Gasteiger partial charge in [-0.3, -0.25) is 9.55 Å². The van der Waals surface area contributed by atoms with Crippen LogP contribution in [0, 0.1) is 0 Å². The van der Waals surface area contributed by atoms with Crippen molar-refractivity contribution >= 4 is 17.0 Å². The van der Waals surface area contributed by atoms with Gasteiger partial charge in [0, 0.05) is 24.9 Å². The highest BCUT2D eigenvalue weighted by atomic mass is 16.3. The summed E-state index contributed by atoms with van der Waals surface area (Å²) in [7, 11) is 0. The smallest absolute Gasteiger partial charge is 0.351 e.